The Hall–Kier alpha value is -2.94. The Labute approximate surface area is 141 Å². The van der Waals surface area contributed by atoms with Crippen molar-refractivity contribution in [2.75, 3.05) is 12.9 Å². The number of carbonyl (C=O) groups is 2. The van der Waals surface area contributed by atoms with Crippen LogP contribution in [0.2, 0.25) is 0 Å². The fraction of sp³-hybridized carbons (Fsp3) is 0.133. The van der Waals surface area contributed by atoms with Gasteiger partial charge < -0.3 is 4.74 Å². The van der Waals surface area contributed by atoms with E-state index in [1.165, 1.54) is 4.52 Å². The first-order valence-corrected chi connectivity index (χ1v) is 7.93. The highest BCUT2D eigenvalue weighted by atomic mass is 32.2. The molecular formula is C15H13N5O3S. The molecule has 2 amide bonds. The predicted octanol–water partition coefficient (Wildman–Crippen LogP) is 1.18. The summed E-state index contributed by atoms with van der Waals surface area (Å²) >= 11 is 1.13. The van der Waals surface area contributed by atoms with E-state index in [2.05, 4.69) is 20.4 Å². The normalized spacial score (nSPS) is 10.5. The summed E-state index contributed by atoms with van der Waals surface area (Å²) in [6, 6.07) is 8.22. The monoisotopic (exact) mass is 343 g/mol. The van der Waals surface area contributed by atoms with Crippen LogP contribution in [0, 0.1) is 0 Å². The molecule has 0 atom stereocenters. The first kappa shape index (κ1) is 15.9. The fourth-order valence-electron chi connectivity index (χ4n) is 1.88. The summed E-state index contributed by atoms with van der Waals surface area (Å²) in [7, 11) is 1.54. The number of nitrogens with one attached hydrogen (secondary N) is 1. The topological polar surface area (TPSA) is 98.5 Å². The molecule has 1 N–H and O–H groups in total. The quantitative estimate of drug-likeness (QED) is 0.695. The summed E-state index contributed by atoms with van der Waals surface area (Å²) in [4.78, 5) is 32.1. The van der Waals surface area contributed by atoms with Crippen LogP contribution >= 0.6 is 11.8 Å². The van der Waals surface area contributed by atoms with E-state index in [4.69, 9.17) is 4.74 Å². The molecule has 0 unspecified atom stereocenters. The van der Waals surface area contributed by atoms with Gasteiger partial charge in [0.15, 0.2) is 0 Å². The summed E-state index contributed by atoms with van der Waals surface area (Å²) in [6.07, 6.45) is 3.32. The maximum absolute atomic E-state index is 12.0. The minimum Gasteiger partial charge on any atom is -0.497 e. The van der Waals surface area contributed by atoms with Gasteiger partial charge in [-0.25, -0.2) is 9.50 Å². The number of fused-ring (bicyclic) bond motifs is 1. The summed E-state index contributed by atoms with van der Waals surface area (Å²) in [5, 5.41) is 6.91. The lowest BCUT2D eigenvalue weighted by Crippen LogP contribution is -2.31. The number of ether oxygens (including phenoxy) is 1. The molecule has 2 heterocycles. The maximum atomic E-state index is 12.0. The molecule has 9 heteroatoms. The molecule has 0 aliphatic carbocycles. The lowest BCUT2D eigenvalue weighted by atomic mass is 10.2. The van der Waals surface area contributed by atoms with Gasteiger partial charge in [0, 0.05) is 18.0 Å². The molecule has 0 aliphatic heterocycles. The average molecular weight is 343 g/mol. The smallest absolute Gasteiger partial charge is 0.257 e. The molecular weight excluding hydrogens is 330 g/mol. The molecule has 3 rings (SSSR count). The first-order valence-electron chi connectivity index (χ1n) is 6.94. The zero-order valence-corrected chi connectivity index (χ0v) is 13.5. The Morgan fingerprint density at radius 1 is 1.29 bits per heavy atom. The highest BCUT2D eigenvalue weighted by Gasteiger charge is 2.12. The number of thioether (sulfide) groups is 1. The molecule has 0 fully saturated rings. The molecule has 0 radical (unpaired) electrons. The molecule has 122 valence electrons. The molecule has 1 aromatic carbocycles. The van der Waals surface area contributed by atoms with Crippen LogP contribution in [0.5, 0.6) is 5.75 Å². The van der Waals surface area contributed by atoms with E-state index in [0.717, 1.165) is 11.8 Å². The van der Waals surface area contributed by atoms with Gasteiger partial charge in [0.05, 0.1) is 12.9 Å². The third-order valence-corrected chi connectivity index (χ3v) is 3.87. The second kappa shape index (κ2) is 7.09. The third-order valence-electron chi connectivity index (χ3n) is 3.03. The van der Waals surface area contributed by atoms with Gasteiger partial charge in [-0.1, -0.05) is 11.8 Å². The van der Waals surface area contributed by atoms with Crippen molar-refractivity contribution >= 4 is 29.4 Å². The average Bonchev–Trinajstić information content (AvgIpc) is 3.03. The number of carbonyl (C=O) groups excluding carboxylic acids is 2. The van der Waals surface area contributed by atoms with Gasteiger partial charge in [-0.2, -0.15) is 4.98 Å². The number of hydrogen-bond donors (Lipinski definition) is 1. The molecule has 24 heavy (non-hydrogen) atoms. The molecule has 8 nitrogen and oxygen atoms in total. The van der Waals surface area contributed by atoms with Crippen LogP contribution in [0.3, 0.4) is 0 Å². The van der Waals surface area contributed by atoms with E-state index >= 15 is 0 Å². The summed E-state index contributed by atoms with van der Waals surface area (Å²) < 4.78 is 6.54. The Balaban J connectivity index is 1.55. The van der Waals surface area contributed by atoms with Crippen molar-refractivity contribution in [1.82, 2.24) is 24.9 Å². The number of methoxy groups -OCH3 is 1. The fourth-order valence-corrected chi connectivity index (χ4v) is 2.51. The Kier molecular flexibility index (Phi) is 4.71. The second-order valence-electron chi connectivity index (χ2n) is 4.65. The van der Waals surface area contributed by atoms with Gasteiger partial charge >= 0.3 is 0 Å². The highest BCUT2D eigenvalue weighted by Crippen LogP contribution is 2.14. The van der Waals surface area contributed by atoms with Gasteiger partial charge in [-0.05, 0) is 30.3 Å². The van der Waals surface area contributed by atoms with Gasteiger partial charge in [-0.3, -0.25) is 14.9 Å². The van der Waals surface area contributed by atoms with Crippen molar-refractivity contribution in [3.8, 4) is 5.75 Å². The summed E-state index contributed by atoms with van der Waals surface area (Å²) in [5.41, 5.74) is 0.379. The molecule has 2 aromatic heterocycles. The number of amides is 2. The number of benzene rings is 1. The highest BCUT2D eigenvalue weighted by molar-refractivity contribution is 7.99. The van der Waals surface area contributed by atoms with E-state index in [1.54, 1.807) is 49.8 Å². The Morgan fingerprint density at radius 3 is 2.79 bits per heavy atom. The number of rotatable bonds is 5. The van der Waals surface area contributed by atoms with Gasteiger partial charge in [0.2, 0.25) is 11.1 Å². The molecule has 0 saturated carbocycles. The molecule has 0 spiro atoms. The van der Waals surface area contributed by atoms with Crippen LogP contribution in [0.25, 0.3) is 5.78 Å². The van der Waals surface area contributed by atoms with E-state index in [-0.39, 0.29) is 5.75 Å². The van der Waals surface area contributed by atoms with Crippen LogP contribution < -0.4 is 10.1 Å². The first-order chi connectivity index (χ1) is 11.7. The summed E-state index contributed by atoms with van der Waals surface area (Å²) in [5.74, 6) is 0.230. The Bertz CT molecular complexity index is 845. The van der Waals surface area contributed by atoms with E-state index in [1.807, 2.05) is 0 Å². The molecule has 0 aliphatic rings. The van der Waals surface area contributed by atoms with Crippen molar-refractivity contribution in [3.63, 3.8) is 0 Å². The zero-order valence-electron chi connectivity index (χ0n) is 12.7. The van der Waals surface area contributed by atoms with Crippen molar-refractivity contribution < 1.29 is 14.3 Å². The van der Waals surface area contributed by atoms with E-state index < -0.39 is 11.8 Å². The molecule has 0 saturated heterocycles. The molecule has 0 bridgehead atoms. The maximum Gasteiger partial charge on any atom is 0.257 e. The van der Waals surface area contributed by atoms with Gasteiger partial charge in [-0.15, -0.1) is 5.10 Å². The van der Waals surface area contributed by atoms with E-state index in [9.17, 15) is 9.59 Å². The Morgan fingerprint density at radius 2 is 2.08 bits per heavy atom. The minimum absolute atomic E-state index is 0.0266. The lowest BCUT2D eigenvalue weighted by molar-refractivity contribution is -0.117. The van der Waals surface area contributed by atoms with Crippen LogP contribution in [0.15, 0.2) is 47.9 Å². The molecule has 3 aromatic rings. The van der Waals surface area contributed by atoms with Crippen LogP contribution in [-0.2, 0) is 4.79 Å². The third kappa shape index (κ3) is 3.69. The van der Waals surface area contributed by atoms with Crippen LogP contribution in [0.1, 0.15) is 10.4 Å². The van der Waals surface area contributed by atoms with Gasteiger partial charge in [0.25, 0.3) is 11.7 Å². The number of nitrogens with zero attached hydrogens (tertiary/aromatic N) is 4. The lowest BCUT2D eigenvalue weighted by Gasteiger charge is -2.04. The zero-order chi connectivity index (χ0) is 16.9. The van der Waals surface area contributed by atoms with Crippen molar-refractivity contribution in [1.29, 1.82) is 0 Å². The number of hydrogen-bond acceptors (Lipinski definition) is 7. The number of aromatic nitrogens is 4. The van der Waals surface area contributed by atoms with Crippen molar-refractivity contribution in [3.05, 3.63) is 48.3 Å². The van der Waals surface area contributed by atoms with Gasteiger partial charge in [0.1, 0.15) is 5.75 Å². The predicted molar refractivity (Wildman–Crippen MR) is 87.0 cm³/mol. The van der Waals surface area contributed by atoms with E-state index in [0.29, 0.717) is 22.2 Å². The van der Waals surface area contributed by atoms with Crippen molar-refractivity contribution in [2.24, 2.45) is 0 Å². The largest absolute Gasteiger partial charge is 0.497 e. The minimum atomic E-state index is -0.465. The standard InChI is InChI=1S/C15H13N5O3S/c1-23-11-5-3-10(4-6-11)13(22)17-12(21)9-24-15-18-14-16-7-2-8-20(14)19-15/h2-8H,9H2,1H3,(H,17,21,22). The van der Waals surface area contributed by atoms with Crippen LogP contribution in [0.4, 0.5) is 0 Å². The summed E-state index contributed by atoms with van der Waals surface area (Å²) in [6.45, 7) is 0. The van der Waals surface area contributed by atoms with Crippen molar-refractivity contribution in [2.45, 2.75) is 5.16 Å². The number of imide groups is 1. The second-order valence-corrected chi connectivity index (χ2v) is 5.60. The SMILES string of the molecule is COc1ccc(C(=O)NC(=O)CSc2nc3ncccn3n2)cc1. The van der Waals surface area contributed by atoms with Crippen LogP contribution in [-0.4, -0.2) is 44.3 Å².